The minimum Gasteiger partial charge on any atom is -0.476 e. The van der Waals surface area contributed by atoms with Crippen molar-refractivity contribution in [3.05, 3.63) is 16.1 Å². The van der Waals surface area contributed by atoms with E-state index in [-0.39, 0.29) is 24.2 Å². The molecule has 2 N–H and O–H groups in total. The Morgan fingerprint density at radius 1 is 1.67 bits per heavy atom. The zero-order valence-corrected chi connectivity index (χ0v) is 12.5. The number of carboxylic acids is 1. The van der Waals surface area contributed by atoms with Crippen LogP contribution in [0.4, 0.5) is 0 Å². The van der Waals surface area contributed by atoms with Crippen molar-refractivity contribution in [2.45, 2.75) is 38.5 Å². The van der Waals surface area contributed by atoms with Crippen molar-refractivity contribution in [2.75, 3.05) is 13.2 Å². The summed E-state index contributed by atoms with van der Waals surface area (Å²) < 4.78 is 10.9. The Bertz CT molecular complexity index is 499. The van der Waals surface area contributed by atoms with Crippen LogP contribution in [0.15, 0.2) is 5.38 Å². The number of carbonyl (C=O) groups excluding carboxylic acids is 1. The van der Waals surface area contributed by atoms with Crippen LogP contribution in [-0.4, -0.2) is 47.4 Å². The molecule has 0 radical (unpaired) electrons. The molecule has 2 atom stereocenters. The summed E-state index contributed by atoms with van der Waals surface area (Å²) in [6.07, 6.45) is 1.50. The number of carboxylic acid groups (broad SMARTS) is 1. The average Bonchev–Trinajstić information content (AvgIpc) is 3.13. The molecule has 1 aliphatic heterocycles. The average molecular weight is 314 g/mol. The molecule has 8 heteroatoms. The second-order valence-electron chi connectivity index (χ2n) is 4.76. The van der Waals surface area contributed by atoms with Crippen LogP contribution in [0.2, 0.25) is 0 Å². The number of aromatic nitrogens is 1. The molecule has 1 aliphatic rings. The fourth-order valence-corrected chi connectivity index (χ4v) is 2.61. The first-order valence-corrected chi connectivity index (χ1v) is 7.63. The van der Waals surface area contributed by atoms with E-state index in [1.54, 1.807) is 6.92 Å². The van der Waals surface area contributed by atoms with E-state index in [0.717, 1.165) is 19.4 Å². The van der Waals surface area contributed by atoms with Crippen LogP contribution in [0.5, 0.6) is 0 Å². The highest BCUT2D eigenvalue weighted by atomic mass is 32.1. The smallest absolute Gasteiger partial charge is 0.355 e. The normalized spacial score (nSPS) is 19.4. The second-order valence-corrected chi connectivity index (χ2v) is 5.70. The lowest BCUT2D eigenvalue weighted by Crippen LogP contribution is -2.35. The van der Waals surface area contributed by atoms with Crippen LogP contribution in [0, 0.1) is 0 Å². The van der Waals surface area contributed by atoms with Gasteiger partial charge in [0.1, 0.15) is 11.1 Å². The van der Waals surface area contributed by atoms with Gasteiger partial charge in [-0.2, -0.15) is 0 Å². The molecular weight excluding hydrogens is 296 g/mol. The molecule has 1 aromatic heterocycles. The predicted octanol–water partition coefficient (Wildman–Crippen LogP) is 1.04. The van der Waals surface area contributed by atoms with Crippen molar-refractivity contribution in [3.8, 4) is 0 Å². The summed E-state index contributed by atoms with van der Waals surface area (Å²) in [5, 5.41) is 13.4. The first-order chi connectivity index (χ1) is 10.1. The monoisotopic (exact) mass is 314 g/mol. The van der Waals surface area contributed by atoms with Gasteiger partial charge < -0.3 is 19.9 Å². The van der Waals surface area contributed by atoms with Crippen molar-refractivity contribution >= 4 is 23.2 Å². The molecule has 1 amide bonds. The Kier molecular flexibility index (Phi) is 5.66. The Morgan fingerprint density at radius 3 is 3.10 bits per heavy atom. The Morgan fingerprint density at radius 2 is 2.48 bits per heavy atom. The summed E-state index contributed by atoms with van der Waals surface area (Å²) in [5.41, 5.74) is -0.00747. The van der Waals surface area contributed by atoms with E-state index in [4.69, 9.17) is 14.6 Å². The number of nitrogens with one attached hydrogen (secondary N) is 1. The summed E-state index contributed by atoms with van der Waals surface area (Å²) in [6.45, 7) is 3.04. The molecule has 0 spiro atoms. The first kappa shape index (κ1) is 15.9. The van der Waals surface area contributed by atoms with Crippen LogP contribution < -0.4 is 5.32 Å². The van der Waals surface area contributed by atoms with Gasteiger partial charge >= 0.3 is 5.97 Å². The van der Waals surface area contributed by atoms with Crippen molar-refractivity contribution < 1.29 is 24.2 Å². The summed E-state index contributed by atoms with van der Waals surface area (Å²) in [6, 6.07) is 0. The third-order valence-electron chi connectivity index (χ3n) is 3.11. The van der Waals surface area contributed by atoms with Gasteiger partial charge in [-0.3, -0.25) is 4.79 Å². The molecule has 0 bridgehead atoms. The lowest BCUT2D eigenvalue weighted by atomic mass is 10.2. The summed E-state index contributed by atoms with van der Waals surface area (Å²) in [7, 11) is 0. The number of nitrogens with zero attached hydrogens (tertiary/aromatic N) is 1. The second kappa shape index (κ2) is 7.48. The van der Waals surface area contributed by atoms with Gasteiger partial charge in [0.2, 0.25) is 5.91 Å². The van der Waals surface area contributed by atoms with Crippen LogP contribution in [0.25, 0.3) is 0 Å². The molecule has 0 aromatic carbocycles. The lowest BCUT2D eigenvalue weighted by molar-refractivity contribution is -0.133. The molecule has 21 heavy (non-hydrogen) atoms. The fraction of sp³-hybridized carbons (Fsp3) is 0.615. The maximum atomic E-state index is 11.8. The van der Waals surface area contributed by atoms with Gasteiger partial charge in [0.15, 0.2) is 5.69 Å². The first-order valence-electron chi connectivity index (χ1n) is 6.75. The van der Waals surface area contributed by atoms with Gasteiger partial charge in [0.05, 0.1) is 19.3 Å². The third-order valence-corrected chi connectivity index (χ3v) is 3.96. The van der Waals surface area contributed by atoms with Crippen molar-refractivity contribution in [2.24, 2.45) is 0 Å². The van der Waals surface area contributed by atoms with Crippen LogP contribution in [0.3, 0.4) is 0 Å². The van der Waals surface area contributed by atoms with Crippen LogP contribution >= 0.6 is 11.3 Å². The summed E-state index contributed by atoms with van der Waals surface area (Å²) in [4.78, 5) is 26.4. The molecule has 1 saturated heterocycles. The van der Waals surface area contributed by atoms with E-state index >= 15 is 0 Å². The fourth-order valence-electron chi connectivity index (χ4n) is 1.90. The third kappa shape index (κ3) is 4.76. The minimum absolute atomic E-state index is 0.00747. The maximum absolute atomic E-state index is 11.8. The summed E-state index contributed by atoms with van der Waals surface area (Å²) in [5.74, 6) is -1.32. The van der Waals surface area contributed by atoms with Gasteiger partial charge in [0.25, 0.3) is 0 Å². The summed E-state index contributed by atoms with van der Waals surface area (Å²) >= 11 is 1.20. The highest BCUT2D eigenvalue weighted by Gasteiger charge is 2.20. The van der Waals surface area contributed by atoms with Crippen LogP contribution in [0.1, 0.15) is 35.3 Å². The molecule has 116 valence electrons. The minimum atomic E-state index is -1.07. The topological polar surface area (TPSA) is 97.8 Å². The number of aromatic carboxylic acids is 1. The standard InChI is InChI=1S/C13H18N2O5S/c1-8(20-6-9-3-2-4-19-9)12(16)14-5-11-15-10(7-21-11)13(17)18/h7-9H,2-6H2,1H3,(H,14,16)(H,17,18). The van der Waals surface area contributed by atoms with Gasteiger partial charge in [-0.1, -0.05) is 0 Å². The lowest BCUT2D eigenvalue weighted by Gasteiger charge is -2.15. The molecular formula is C13H18N2O5S. The largest absolute Gasteiger partial charge is 0.476 e. The number of hydrogen-bond acceptors (Lipinski definition) is 6. The number of ether oxygens (including phenoxy) is 2. The number of carbonyl (C=O) groups is 2. The zero-order valence-electron chi connectivity index (χ0n) is 11.7. The van der Waals surface area contributed by atoms with E-state index in [9.17, 15) is 9.59 Å². The Labute approximate surface area is 126 Å². The van der Waals surface area contributed by atoms with Gasteiger partial charge in [0, 0.05) is 12.0 Å². The van der Waals surface area contributed by atoms with E-state index in [0.29, 0.717) is 11.6 Å². The molecule has 1 fully saturated rings. The molecule has 1 aromatic rings. The molecule has 2 rings (SSSR count). The van der Waals surface area contributed by atoms with Gasteiger partial charge in [-0.25, -0.2) is 9.78 Å². The van der Waals surface area contributed by atoms with E-state index in [1.807, 2.05) is 0 Å². The number of amides is 1. The molecule has 0 saturated carbocycles. The molecule has 2 heterocycles. The van der Waals surface area contributed by atoms with E-state index in [2.05, 4.69) is 10.3 Å². The van der Waals surface area contributed by atoms with Crippen molar-refractivity contribution in [1.29, 1.82) is 0 Å². The van der Waals surface area contributed by atoms with Crippen molar-refractivity contribution in [3.63, 3.8) is 0 Å². The maximum Gasteiger partial charge on any atom is 0.355 e. The van der Waals surface area contributed by atoms with Gasteiger partial charge in [-0.05, 0) is 19.8 Å². The predicted molar refractivity (Wildman–Crippen MR) is 75.3 cm³/mol. The Hall–Kier alpha value is -1.51. The highest BCUT2D eigenvalue weighted by molar-refractivity contribution is 7.09. The van der Waals surface area contributed by atoms with Gasteiger partial charge in [-0.15, -0.1) is 11.3 Å². The highest BCUT2D eigenvalue weighted by Crippen LogP contribution is 2.13. The SMILES string of the molecule is CC(OCC1CCCO1)C(=O)NCc1nc(C(=O)O)cs1. The van der Waals surface area contributed by atoms with E-state index < -0.39 is 12.1 Å². The van der Waals surface area contributed by atoms with Crippen molar-refractivity contribution in [1.82, 2.24) is 10.3 Å². The number of hydrogen-bond donors (Lipinski definition) is 2. The quantitative estimate of drug-likeness (QED) is 0.780. The number of thiazole rings is 1. The zero-order chi connectivity index (χ0) is 15.2. The van der Waals surface area contributed by atoms with Crippen LogP contribution in [-0.2, 0) is 20.8 Å². The van der Waals surface area contributed by atoms with E-state index in [1.165, 1.54) is 16.7 Å². The molecule has 2 unspecified atom stereocenters. The molecule has 7 nitrogen and oxygen atoms in total. The Balaban J connectivity index is 1.71. The molecule has 0 aliphatic carbocycles. The number of rotatable bonds is 7.